The van der Waals surface area contributed by atoms with Crippen LogP contribution in [0.3, 0.4) is 0 Å². The number of allylic oxidation sites excluding steroid dienone is 1. The number of carbonyl (C=O) groups is 1. The average molecular weight is 374 g/mol. The van der Waals surface area contributed by atoms with Gasteiger partial charge in [-0.1, -0.05) is 6.07 Å². The highest BCUT2D eigenvalue weighted by molar-refractivity contribution is 6.30. The van der Waals surface area contributed by atoms with Crippen LogP contribution in [0.15, 0.2) is 41.7 Å². The maximum Gasteiger partial charge on any atom is 0.434 e. The van der Waals surface area contributed by atoms with Gasteiger partial charge >= 0.3 is 6.18 Å². The Balaban J connectivity index is 1.66. The number of aliphatic imine (C=N–C) groups is 1. The van der Waals surface area contributed by atoms with Crippen LogP contribution < -0.4 is 10.6 Å². The van der Waals surface area contributed by atoms with Gasteiger partial charge in [-0.3, -0.25) is 14.8 Å². The Morgan fingerprint density at radius 3 is 2.52 bits per heavy atom. The van der Waals surface area contributed by atoms with E-state index in [1.54, 1.807) is 24.4 Å². The van der Waals surface area contributed by atoms with Gasteiger partial charge in [0.2, 0.25) is 5.91 Å². The molecular weight excluding hydrogens is 357 g/mol. The molecule has 0 radical (unpaired) electrons. The summed E-state index contributed by atoms with van der Waals surface area (Å²) in [6, 6.07) is 6.93. The first kappa shape index (κ1) is 17.5. The summed E-state index contributed by atoms with van der Waals surface area (Å²) in [5, 5.41) is 0.779. The number of nitrogens with zero attached hydrogens (tertiary/aromatic N) is 3. The molecule has 8 heteroatoms. The van der Waals surface area contributed by atoms with Crippen LogP contribution >= 0.6 is 0 Å². The van der Waals surface area contributed by atoms with Gasteiger partial charge in [0.15, 0.2) is 5.71 Å². The minimum absolute atomic E-state index is 0.0895. The molecule has 0 saturated carbocycles. The van der Waals surface area contributed by atoms with Crippen LogP contribution in [0.4, 0.5) is 18.9 Å². The summed E-state index contributed by atoms with van der Waals surface area (Å²) >= 11 is 0. The molecule has 0 atom stereocenters. The third-order valence-corrected chi connectivity index (χ3v) is 5.11. The number of hydrogen-bond acceptors (Lipinski definition) is 4. The molecule has 1 fully saturated rings. The molecule has 4 rings (SSSR count). The number of amides is 1. The van der Waals surface area contributed by atoms with Crippen LogP contribution in [0.5, 0.6) is 0 Å². The third kappa shape index (κ3) is 3.15. The van der Waals surface area contributed by atoms with Crippen molar-refractivity contribution in [1.29, 1.82) is 0 Å². The fraction of sp³-hybridized carbons (Fsp3) is 0.316. The van der Waals surface area contributed by atoms with E-state index in [1.165, 1.54) is 6.20 Å². The number of aromatic nitrogens is 1. The predicted octanol–water partition coefficient (Wildman–Crippen LogP) is 3.29. The number of piperidine rings is 1. The van der Waals surface area contributed by atoms with Crippen molar-refractivity contribution in [2.45, 2.75) is 19.0 Å². The highest BCUT2D eigenvalue weighted by Gasteiger charge is 2.41. The second-order valence-corrected chi connectivity index (χ2v) is 6.74. The van der Waals surface area contributed by atoms with E-state index in [9.17, 15) is 18.0 Å². The lowest BCUT2D eigenvalue weighted by Crippen LogP contribution is -2.38. The van der Waals surface area contributed by atoms with E-state index in [-0.39, 0.29) is 17.4 Å². The molecule has 140 valence electrons. The van der Waals surface area contributed by atoms with Gasteiger partial charge in [0, 0.05) is 48.1 Å². The highest BCUT2D eigenvalue weighted by atomic mass is 19.4. The molecule has 1 aromatic carbocycles. The first-order valence-electron chi connectivity index (χ1n) is 8.63. The number of carbonyl (C=O) groups excluding carboxylic acids is 1. The molecule has 2 aromatic rings. The van der Waals surface area contributed by atoms with Gasteiger partial charge < -0.3 is 10.6 Å². The maximum absolute atomic E-state index is 13.0. The van der Waals surface area contributed by atoms with Gasteiger partial charge in [-0.05, 0) is 36.6 Å². The monoisotopic (exact) mass is 374 g/mol. The van der Waals surface area contributed by atoms with E-state index in [1.807, 2.05) is 6.07 Å². The lowest BCUT2D eigenvalue weighted by Gasteiger charge is -2.33. The molecule has 0 unspecified atom stereocenters. The Morgan fingerprint density at radius 2 is 1.93 bits per heavy atom. The predicted molar refractivity (Wildman–Crippen MR) is 97.3 cm³/mol. The summed E-state index contributed by atoms with van der Waals surface area (Å²) in [4.78, 5) is 21.2. The summed E-state index contributed by atoms with van der Waals surface area (Å²) in [5.74, 6) is -0.414. The number of anilines is 1. The Morgan fingerprint density at radius 1 is 1.19 bits per heavy atom. The van der Waals surface area contributed by atoms with Gasteiger partial charge in [-0.15, -0.1) is 0 Å². The van der Waals surface area contributed by atoms with Crippen LogP contribution in [0.2, 0.25) is 0 Å². The molecule has 0 aliphatic carbocycles. The SMILES string of the molecule is NC(=O)C1CCN(c2ccnc3ccc(C4=CN=C4C(F)(F)F)cc23)CC1. The van der Waals surface area contributed by atoms with E-state index in [2.05, 4.69) is 14.9 Å². The lowest BCUT2D eigenvalue weighted by atomic mass is 9.94. The van der Waals surface area contributed by atoms with Crippen molar-refractivity contribution < 1.29 is 18.0 Å². The standard InChI is InChI=1S/C19H17F3N4O/c20-19(21,22)17-14(10-25-17)12-1-2-15-13(9-12)16(3-6-24-15)26-7-4-11(5-8-26)18(23)27/h1-3,6,9-11H,4-5,7-8H2,(H2,23,27). The molecule has 2 aliphatic rings. The number of benzene rings is 1. The Labute approximate surface area is 153 Å². The largest absolute Gasteiger partial charge is 0.434 e. The summed E-state index contributed by atoms with van der Waals surface area (Å²) in [7, 11) is 0. The van der Waals surface area contributed by atoms with Crippen LogP contribution in [-0.2, 0) is 4.79 Å². The van der Waals surface area contributed by atoms with Crippen molar-refractivity contribution >= 4 is 33.8 Å². The Hall–Kier alpha value is -2.90. The van der Waals surface area contributed by atoms with E-state index >= 15 is 0 Å². The van der Waals surface area contributed by atoms with Gasteiger partial charge in [0.25, 0.3) is 0 Å². The van der Waals surface area contributed by atoms with Crippen LogP contribution in [0.1, 0.15) is 18.4 Å². The zero-order chi connectivity index (χ0) is 19.2. The fourth-order valence-corrected chi connectivity index (χ4v) is 3.61. The van der Waals surface area contributed by atoms with Gasteiger partial charge in [-0.25, -0.2) is 0 Å². The number of halogens is 3. The number of primary amides is 1. The van der Waals surface area contributed by atoms with E-state index in [0.717, 1.165) is 11.1 Å². The van der Waals surface area contributed by atoms with Crippen LogP contribution in [0, 0.1) is 5.92 Å². The summed E-state index contributed by atoms with van der Waals surface area (Å²) in [6.07, 6.45) is -0.224. The number of pyridine rings is 1. The average Bonchev–Trinajstić information content (AvgIpc) is 2.59. The van der Waals surface area contributed by atoms with Crippen molar-refractivity contribution in [2.24, 2.45) is 16.6 Å². The summed E-state index contributed by atoms with van der Waals surface area (Å²) in [6.45, 7) is 1.32. The Bertz CT molecular complexity index is 973. The highest BCUT2D eigenvalue weighted by Crippen LogP contribution is 2.36. The molecule has 2 aliphatic heterocycles. The summed E-state index contributed by atoms with van der Waals surface area (Å²) < 4.78 is 39.0. The van der Waals surface area contributed by atoms with Gasteiger partial charge in [0.05, 0.1) is 5.52 Å². The number of rotatable bonds is 3. The normalized spacial score (nSPS) is 18.1. The zero-order valence-electron chi connectivity index (χ0n) is 14.3. The smallest absolute Gasteiger partial charge is 0.371 e. The number of alkyl halides is 3. The minimum atomic E-state index is -4.46. The van der Waals surface area contributed by atoms with Crippen LogP contribution in [-0.4, -0.2) is 35.9 Å². The molecule has 3 heterocycles. The molecule has 2 N–H and O–H groups in total. The zero-order valence-corrected chi connectivity index (χ0v) is 14.3. The second-order valence-electron chi connectivity index (χ2n) is 6.74. The first-order valence-corrected chi connectivity index (χ1v) is 8.63. The molecule has 0 spiro atoms. The third-order valence-electron chi connectivity index (χ3n) is 5.11. The van der Waals surface area contributed by atoms with Crippen molar-refractivity contribution in [2.75, 3.05) is 18.0 Å². The van der Waals surface area contributed by atoms with E-state index in [0.29, 0.717) is 37.0 Å². The van der Waals surface area contributed by atoms with Crippen molar-refractivity contribution in [3.63, 3.8) is 0 Å². The number of hydrogen-bond donors (Lipinski definition) is 1. The minimum Gasteiger partial charge on any atom is -0.371 e. The quantitative estimate of drug-likeness (QED) is 0.896. The molecule has 27 heavy (non-hydrogen) atoms. The summed E-state index contributed by atoms with van der Waals surface area (Å²) in [5.41, 5.74) is 6.69. The molecule has 1 amide bonds. The van der Waals surface area contributed by atoms with Gasteiger partial charge in [0.1, 0.15) is 0 Å². The number of fused-ring (bicyclic) bond motifs is 1. The fourth-order valence-electron chi connectivity index (χ4n) is 3.61. The van der Waals surface area contributed by atoms with Crippen molar-refractivity contribution in [3.05, 3.63) is 42.2 Å². The maximum atomic E-state index is 13.0. The Kier molecular flexibility index (Phi) is 4.13. The first-order chi connectivity index (χ1) is 12.8. The van der Waals surface area contributed by atoms with Crippen molar-refractivity contribution in [3.8, 4) is 0 Å². The molecule has 1 aromatic heterocycles. The number of nitrogens with two attached hydrogens (primary N) is 1. The molecule has 0 bridgehead atoms. The topological polar surface area (TPSA) is 71.6 Å². The lowest BCUT2D eigenvalue weighted by molar-refractivity contribution is -0.122. The van der Waals surface area contributed by atoms with Crippen LogP contribution in [0.25, 0.3) is 16.5 Å². The van der Waals surface area contributed by atoms with Crippen molar-refractivity contribution in [1.82, 2.24) is 4.98 Å². The van der Waals surface area contributed by atoms with Gasteiger partial charge in [-0.2, -0.15) is 13.2 Å². The molecular formula is C19H17F3N4O. The second kappa shape index (κ2) is 6.37. The molecule has 5 nitrogen and oxygen atoms in total. The van der Waals surface area contributed by atoms with E-state index in [4.69, 9.17) is 5.73 Å². The molecule has 1 saturated heterocycles. The van der Waals surface area contributed by atoms with E-state index < -0.39 is 11.9 Å².